The average molecular weight is 357 g/mol. The molecule has 0 aromatic carbocycles. The van der Waals surface area contributed by atoms with Gasteiger partial charge in [-0.2, -0.15) is 0 Å². The summed E-state index contributed by atoms with van der Waals surface area (Å²) in [5.74, 6) is -0.273. The normalized spacial score (nSPS) is 10.0. The minimum atomic E-state index is -0.653. The van der Waals surface area contributed by atoms with Gasteiger partial charge in [0.2, 0.25) is 0 Å². The van der Waals surface area contributed by atoms with Crippen LogP contribution in [-0.4, -0.2) is 11.1 Å². The summed E-state index contributed by atoms with van der Waals surface area (Å²) in [6.07, 6.45) is 21.8. The second-order valence-electron chi connectivity index (χ2n) is 6.88. The quantitative estimate of drug-likeness (QED) is 0.292. The molecule has 0 unspecified atom stereocenters. The van der Waals surface area contributed by atoms with Gasteiger partial charge in [0.1, 0.15) is 0 Å². The lowest BCUT2D eigenvalue weighted by Crippen LogP contribution is -2.06. The third kappa shape index (κ3) is 31.1. The molecule has 4 heteroatoms. The molecule has 0 aliphatic carbocycles. The first-order chi connectivity index (χ1) is 12.0. The third-order valence-electron chi connectivity index (χ3n) is 4.33. The summed E-state index contributed by atoms with van der Waals surface area (Å²) >= 11 is 0. The Morgan fingerprint density at radius 3 is 1.24 bits per heavy atom. The smallest absolute Gasteiger partial charge is 0.303 e. The van der Waals surface area contributed by atoms with Crippen LogP contribution in [0.1, 0.15) is 117 Å². The van der Waals surface area contributed by atoms with Crippen LogP contribution in [0.25, 0.3) is 0 Å². The Bertz CT molecular complexity index is 300. The fraction of sp³-hybridized carbons (Fsp3) is 0.857. The van der Waals surface area contributed by atoms with Crippen molar-refractivity contribution < 1.29 is 9.90 Å². The highest BCUT2D eigenvalue weighted by Gasteiger charge is 1.97. The second-order valence-corrected chi connectivity index (χ2v) is 6.88. The maximum absolute atomic E-state index is 10.3. The van der Waals surface area contributed by atoms with Crippen LogP contribution in [0, 0.1) is 0 Å². The van der Waals surface area contributed by atoms with Gasteiger partial charge in [-0.15, -0.1) is 0 Å². The van der Waals surface area contributed by atoms with Crippen LogP contribution in [0.15, 0.2) is 11.9 Å². The summed E-state index contributed by atoms with van der Waals surface area (Å²) in [7, 11) is 0. The summed E-state index contributed by atoms with van der Waals surface area (Å²) < 4.78 is 0. The maximum atomic E-state index is 10.3. The Morgan fingerprint density at radius 2 is 1.00 bits per heavy atom. The van der Waals surface area contributed by atoms with Crippen molar-refractivity contribution in [2.45, 2.75) is 117 Å². The molecule has 0 radical (unpaired) electrons. The Morgan fingerprint density at radius 1 is 0.720 bits per heavy atom. The molecule has 0 spiro atoms. The predicted molar refractivity (Wildman–Crippen MR) is 109 cm³/mol. The molecule has 0 aromatic rings. The standard InChI is InChI=1S/C18H36O2.C3H8N2/c1-2-3-4-5-6-7-8-9-10-11-12-13-14-15-16-17-18(19)20;1-2-3(4)5/h2-17H2,1H3,(H,19,20);2H,4-5H2,1H3. The molecule has 4 nitrogen and oxygen atoms in total. The average Bonchev–Trinajstić information content (AvgIpc) is 2.58. The van der Waals surface area contributed by atoms with Crippen molar-refractivity contribution in [1.82, 2.24) is 0 Å². The number of carboxylic acid groups (broad SMARTS) is 1. The first-order valence-electron chi connectivity index (χ1n) is 10.4. The zero-order chi connectivity index (χ0) is 19.2. The van der Waals surface area contributed by atoms with E-state index in [1.807, 2.05) is 0 Å². The van der Waals surface area contributed by atoms with Gasteiger partial charge in [-0.1, -0.05) is 96.8 Å². The van der Waals surface area contributed by atoms with Gasteiger partial charge < -0.3 is 16.6 Å². The highest BCUT2D eigenvalue weighted by Crippen LogP contribution is 2.13. The molecule has 0 atom stereocenters. The van der Waals surface area contributed by atoms with Gasteiger partial charge in [-0.05, 0) is 19.4 Å². The van der Waals surface area contributed by atoms with Crippen LogP contribution in [-0.2, 0) is 4.79 Å². The number of allylic oxidation sites excluding steroid dienone is 1. The van der Waals surface area contributed by atoms with Crippen LogP contribution < -0.4 is 11.5 Å². The van der Waals surface area contributed by atoms with Gasteiger partial charge in [0, 0.05) is 6.42 Å². The van der Waals surface area contributed by atoms with E-state index in [4.69, 9.17) is 16.6 Å². The molecule has 0 aromatic heterocycles. The van der Waals surface area contributed by atoms with Gasteiger partial charge >= 0.3 is 5.97 Å². The molecule has 0 aliphatic heterocycles. The number of unbranched alkanes of at least 4 members (excludes halogenated alkanes) is 14. The summed E-state index contributed by atoms with van der Waals surface area (Å²) in [6.45, 7) is 4.06. The number of hydrogen-bond acceptors (Lipinski definition) is 3. The van der Waals surface area contributed by atoms with Gasteiger partial charge in [0.25, 0.3) is 0 Å². The highest BCUT2D eigenvalue weighted by molar-refractivity contribution is 5.66. The number of carboxylic acids is 1. The summed E-state index contributed by atoms with van der Waals surface area (Å²) in [5, 5.41) is 8.52. The van der Waals surface area contributed by atoms with E-state index in [0.717, 1.165) is 12.8 Å². The highest BCUT2D eigenvalue weighted by atomic mass is 16.4. The molecule has 0 saturated carbocycles. The Labute approximate surface area is 156 Å². The summed E-state index contributed by atoms with van der Waals surface area (Å²) in [6, 6.07) is 0. The molecule has 25 heavy (non-hydrogen) atoms. The molecule has 150 valence electrons. The molecule has 0 bridgehead atoms. The van der Waals surface area contributed by atoms with E-state index in [-0.39, 0.29) is 0 Å². The number of carbonyl (C=O) groups is 1. The number of hydrogen-bond donors (Lipinski definition) is 3. The molecular weight excluding hydrogens is 312 g/mol. The fourth-order valence-corrected chi connectivity index (χ4v) is 2.65. The van der Waals surface area contributed by atoms with Crippen molar-refractivity contribution >= 4 is 5.97 Å². The van der Waals surface area contributed by atoms with E-state index in [9.17, 15) is 4.79 Å². The van der Waals surface area contributed by atoms with Crippen molar-refractivity contribution in [3.05, 3.63) is 11.9 Å². The van der Waals surface area contributed by atoms with Crippen molar-refractivity contribution in [3.8, 4) is 0 Å². The van der Waals surface area contributed by atoms with Crippen molar-refractivity contribution in [3.63, 3.8) is 0 Å². The lowest BCUT2D eigenvalue weighted by atomic mass is 10.0. The number of rotatable bonds is 16. The Kier molecular flexibility index (Phi) is 23.8. The van der Waals surface area contributed by atoms with Crippen molar-refractivity contribution in [1.29, 1.82) is 0 Å². The third-order valence-corrected chi connectivity index (χ3v) is 4.33. The largest absolute Gasteiger partial charge is 0.481 e. The maximum Gasteiger partial charge on any atom is 0.303 e. The minimum Gasteiger partial charge on any atom is -0.481 e. The minimum absolute atomic E-state index is 0.345. The summed E-state index contributed by atoms with van der Waals surface area (Å²) in [5.41, 5.74) is 9.86. The van der Waals surface area contributed by atoms with Crippen LogP contribution in [0.3, 0.4) is 0 Å². The van der Waals surface area contributed by atoms with E-state index < -0.39 is 5.97 Å². The van der Waals surface area contributed by atoms with Crippen molar-refractivity contribution in [2.24, 2.45) is 11.5 Å². The Balaban J connectivity index is 0. The lowest BCUT2D eigenvalue weighted by molar-refractivity contribution is -0.137. The van der Waals surface area contributed by atoms with E-state index >= 15 is 0 Å². The molecular formula is C21H44N2O2. The van der Waals surface area contributed by atoms with Gasteiger partial charge in [-0.25, -0.2) is 0 Å². The molecule has 0 saturated heterocycles. The molecule has 0 fully saturated rings. The van der Waals surface area contributed by atoms with Crippen LogP contribution in [0.4, 0.5) is 0 Å². The first kappa shape index (κ1) is 26.0. The molecule has 0 heterocycles. The Hall–Kier alpha value is -1.19. The van der Waals surface area contributed by atoms with E-state index in [2.05, 4.69) is 6.92 Å². The second kappa shape index (κ2) is 22.8. The predicted octanol–water partition coefficient (Wildman–Crippen LogP) is 6.10. The van der Waals surface area contributed by atoms with Gasteiger partial charge in [-0.3, -0.25) is 4.79 Å². The zero-order valence-electron chi connectivity index (χ0n) is 16.9. The number of aliphatic carboxylic acids is 1. The topological polar surface area (TPSA) is 89.3 Å². The van der Waals surface area contributed by atoms with Gasteiger partial charge in [0.15, 0.2) is 0 Å². The SMILES string of the molecule is CC=C(N)N.CCCCCCCCCCCCCCCCCC(=O)O. The molecule has 5 N–H and O–H groups in total. The number of nitrogens with two attached hydrogens (primary N) is 2. The van der Waals surface area contributed by atoms with Crippen LogP contribution in [0.5, 0.6) is 0 Å². The lowest BCUT2D eigenvalue weighted by Gasteiger charge is -2.03. The van der Waals surface area contributed by atoms with E-state index in [1.54, 1.807) is 13.0 Å². The van der Waals surface area contributed by atoms with Crippen molar-refractivity contribution in [2.75, 3.05) is 0 Å². The molecule has 0 amide bonds. The van der Waals surface area contributed by atoms with Crippen LogP contribution >= 0.6 is 0 Å². The molecule has 0 rings (SSSR count). The van der Waals surface area contributed by atoms with Crippen LogP contribution in [0.2, 0.25) is 0 Å². The molecule has 0 aliphatic rings. The fourth-order valence-electron chi connectivity index (χ4n) is 2.65. The van der Waals surface area contributed by atoms with E-state index in [1.165, 1.54) is 83.5 Å². The first-order valence-corrected chi connectivity index (χ1v) is 10.4. The van der Waals surface area contributed by atoms with E-state index in [0.29, 0.717) is 12.2 Å². The van der Waals surface area contributed by atoms with Gasteiger partial charge in [0.05, 0.1) is 5.82 Å². The zero-order valence-corrected chi connectivity index (χ0v) is 16.9. The summed E-state index contributed by atoms with van der Waals surface area (Å²) in [4.78, 5) is 10.3. The monoisotopic (exact) mass is 356 g/mol.